The molecule has 8 heteroatoms. The fraction of sp³-hybridized carbons (Fsp3) is 0.640. The van der Waals surface area contributed by atoms with E-state index < -0.39 is 40.8 Å². The number of carbonyl (C=O) groups excluding carboxylic acids is 2. The van der Waals surface area contributed by atoms with Gasteiger partial charge in [0.15, 0.2) is 11.5 Å². The summed E-state index contributed by atoms with van der Waals surface area (Å²) in [6.07, 6.45) is 5.41. The zero-order valence-electron chi connectivity index (χ0n) is 19.8. The number of aliphatic carboxylic acids is 1. The lowest BCUT2D eigenvalue weighted by atomic mass is 9.72. The van der Waals surface area contributed by atoms with E-state index in [1.807, 2.05) is 0 Å². The van der Waals surface area contributed by atoms with Crippen LogP contribution in [0.3, 0.4) is 0 Å². The average Bonchev–Trinajstić information content (AvgIpc) is 3.23. The van der Waals surface area contributed by atoms with Crippen molar-refractivity contribution in [3.05, 3.63) is 23.8 Å². The maximum atomic E-state index is 13.7. The molecule has 33 heavy (non-hydrogen) atoms. The van der Waals surface area contributed by atoms with Crippen LogP contribution in [0.4, 0.5) is 0 Å². The van der Waals surface area contributed by atoms with Crippen LogP contribution in [-0.2, 0) is 14.4 Å². The van der Waals surface area contributed by atoms with Gasteiger partial charge in [-0.2, -0.15) is 0 Å². The maximum absolute atomic E-state index is 13.7. The number of nitrogens with zero attached hydrogens (tertiary/aromatic N) is 1. The van der Waals surface area contributed by atoms with Gasteiger partial charge in [0, 0.05) is 11.6 Å². The summed E-state index contributed by atoms with van der Waals surface area (Å²) < 4.78 is 5.24. The number of likely N-dealkylation sites (tertiary alicyclic amines) is 1. The van der Waals surface area contributed by atoms with E-state index in [0.717, 1.165) is 32.1 Å². The predicted molar refractivity (Wildman–Crippen MR) is 121 cm³/mol. The molecule has 4 rings (SSSR count). The number of ether oxygens (including phenoxy) is 1. The van der Waals surface area contributed by atoms with E-state index in [0.29, 0.717) is 12.0 Å². The van der Waals surface area contributed by atoms with Gasteiger partial charge in [-0.05, 0) is 50.8 Å². The highest BCUT2D eigenvalue weighted by Crippen LogP contribution is 2.53. The molecule has 3 aliphatic rings. The third-order valence-corrected chi connectivity index (χ3v) is 7.60. The number of methoxy groups -OCH3 is 1. The Morgan fingerprint density at radius 3 is 2.42 bits per heavy atom. The number of fused-ring (bicyclic) bond motifs is 1. The number of carbonyl (C=O) groups is 3. The van der Waals surface area contributed by atoms with Gasteiger partial charge in [-0.1, -0.05) is 38.2 Å². The molecule has 2 aliphatic heterocycles. The molecule has 4 unspecified atom stereocenters. The number of amides is 2. The number of hydrogen-bond acceptors (Lipinski definition) is 6. The van der Waals surface area contributed by atoms with Crippen LogP contribution in [0.15, 0.2) is 18.2 Å². The summed E-state index contributed by atoms with van der Waals surface area (Å²) in [6.45, 7) is 5.37. The second-order valence-corrected chi connectivity index (χ2v) is 10.7. The first kappa shape index (κ1) is 23.5. The summed E-state index contributed by atoms with van der Waals surface area (Å²) in [5.41, 5.74) is -1.68. The van der Waals surface area contributed by atoms with Gasteiger partial charge in [-0.25, -0.2) is 0 Å². The standard InChI is InChI=1S/C25H34N2O6/c1-24(2,3)27-21(29)18-19(22(27)30)25(23(31)32,13-14-8-6-5-7-9-14)26-20(18)15-10-11-16(28)17(12-15)33-4/h10-12,14,18-20,26,28H,5-9,13H2,1-4H3,(H,31,32). The largest absolute Gasteiger partial charge is 0.504 e. The van der Waals surface area contributed by atoms with Crippen LogP contribution in [0, 0.1) is 17.8 Å². The molecule has 3 fully saturated rings. The van der Waals surface area contributed by atoms with E-state index in [-0.39, 0.29) is 23.3 Å². The molecule has 1 saturated carbocycles. The zero-order valence-corrected chi connectivity index (χ0v) is 19.8. The molecular formula is C25H34N2O6. The van der Waals surface area contributed by atoms with Crippen molar-refractivity contribution in [1.82, 2.24) is 10.2 Å². The lowest BCUT2D eigenvalue weighted by Gasteiger charge is -2.37. The summed E-state index contributed by atoms with van der Waals surface area (Å²) in [5, 5.41) is 23.8. The maximum Gasteiger partial charge on any atom is 0.324 e. The third kappa shape index (κ3) is 3.78. The Bertz CT molecular complexity index is 964. The smallest absolute Gasteiger partial charge is 0.324 e. The van der Waals surface area contributed by atoms with Gasteiger partial charge in [0.25, 0.3) is 0 Å². The number of benzene rings is 1. The topological polar surface area (TPSA) is 116 Å². The first-order valence-electron chi connectivity index (χ1n) is 11.8. The van der Waals surface area contributed by atoms with Gasteiger partial charge in [0.2, 0.25) is 11.8 Å². The minimum atomic E-state index is -1.53. The number of carboxylic acid groups (broad SMARTS) is 1. The summed E-state index contributed by atoms with van der Waals surface area (Å²) >= 11 is 0. The Hall–Kier alpha value is -2.61. The van der Waals surface area contributed by atoms with Gasteiger partial charge in [-0.3, -0.25) is 24.6 Å². The van der Waals surface area contributed by atoms with Crippen molar-refractivity contribution < 1.29 is 29.3 Å². The monoisotopic (exact) mass is 458 g/mol. The van der Waals surface area contributed by atoms with Gasteiger partial charge >= 0.3 is 5.97 Å². The van der Waals surface area contributed by atoms with E-state index >= 15 is 0 Å². The first-order chi connectivity index (χ1) is 15.5. The summed E-state index contributed by atoms with van der Waals surface area (Å²) in [4.78, 5) is 41.5. The van der Waals surface area contributed by atoms with Crippen molar-refractivity contribution in [2.45, 2.75) is 76.4 Å². The van der Waals surface area contributed by atoms with E-state index in [1.165, 1.54) is 18.1 Å². The molecule has 1 aliphatic carbocycles. The fourth-order valence-corrected chi connectivity index (χ4v) is 6.16. The summed E-state index contributed by atoms with van der Waals surface area (Å²) in [5.74, 6) is -3.33. The van der Waals surface area contributed by atoms with Crippen LogP contribution in [0.2, 0.25) is 0 Å². The number of carboxylic acids is 1. The van der Waals surface area contributed by atoms with Crippen LogP contribution >= 0.6 is 0 Å². The van der Waals surface area contributed by atoms with Crippen molar-refractivity contribution in [3.63, 3.8) is 0 Å². The number of rotatable bonds is 5. The van der Waals surface area contributed by atoms with E-state index in [9.17, 15) is 24.6 Å². The highest BCUT2D eigenvalue weighted by molar-refractivity contribution is 6.10. The molecule has 1 aromatic carbocycles. The van der Waals surface area contributed by atoms with Crippen molar-refractivity contribution in [1.29, 1.82) is 0 Å². The van der Waals surface area contributed by atoms with Crippen LogP contribution in [0.25, 0.3) is 0 Å². The molecule has 180 valence electrons. The van der Waals surface area contributed by atoms with Crippen LogP contribution in [0.1, 0.15) is 70.9 Å². The Labute approximate surface area is 194 Å². The molecular weight excluding hydrogens is 424 g/mol. The SMILES string of the molecule is COc1cc(C2NC(CC3CCCCC3)(C(=O)O)C3C(=O)N(C(C)(C)C)C(=O)C23)ccc1O. The fourth-order valence-electron chi connectivity index (χ4n) is 6.16. The van der Waals surface area contributed by atoms with E-state index in [4.69, 9.17) is 4.74 Å². The predicted octanol–water partition coefficient (Wildman–Crippen LogP) is 3.24. The average molecular weight is 459 g/mol. The molecule has 4 atom stereocenters. The molecule has 2 amide bonds. The Kier molecular flexibility index (Phi) is 5.93. The van der Waals surface area contributed by atoms with Gasteiger partial charge in [-0.15, -0.1) is 0 Å². The van der Waals surface area contributed by atoms with Crippen molar-refractivity contribution >= 4 is 17.8 Å². The molecule has 0 spiro atoms. The zero-order chi connectivity index (χ0) is 24.1. The minimum Gasteiger partial charge on any atom is -0.504 e. The lowest BCUT2D eigenvalue weighted by Crippen LogP contribution is -2.58. The number of nitrogens with one attached hydrogen (secondary N) is 1. The summed E-state index contributed by atoms with van der Waals surface area (Å²) in [6, 6.07) is 4.05. The Morgan fingerprint density at radius 2 is 1.85 bits per heavy atom. The quantitative estimate of drug-likeness (QED) is 0.580. The number of aromatic hydroxyl groups is 1. The lowest BCUT2D eigenvalue weighted by molar-refractivity contribution is -0.154. The van der Waals surface area contributed by atoms with Gasteiger partial charge in [0.05, 0.1) is 18.9 Å². The highest BCUT2D eigenvalue weighted by Gasteiger charge is 2.69. The van der Waals surface area contributed by atoms with Crippen molar-refractivity contribution in [2.24, 2.45) is 17.8 Å². The van der Waals surface area contributed by atoms with E-state index in [1.54, 1.807) is 32.9 Å². The molecule has 0 bridgehead atoms. The number of phenols is 1. The molecule has 8 nitrogen and oxygen atoms in total. The van der Waals surface area contributed by atoms with Crippen molar-refractivity contribution in [2.75, 3.05) is 7.11 Å². The summed E-state index contributed by atoms with van der Waals surface area (Å²) in [7, 11) is 1.43. The van der Waals surface area contributed by atoms with Crippen molar-refractivity contribution in [3.8, 4) is 11.5 Å². The molecule has 1 aromatic rings. The first-order valence-corrected chi connectivity index (χ1v) is 11.8. The number of phenolic OH excluding ortho intramolecular Hbond substituents is 1. The number of hydrogen-bond donors (Lipinski definition) is 3. The molecule has 0 radical (unpaired) electrons. The third-order valence-electron chi connectivity index (χ3n) is 7.60. The van der Waals surface area contributed by atoms with E-state index in [2.05, 4.69) is 5.32 Å². The Balaban J connectivity index is 1.83. The van der Waals surface area contributed by atoms with Crippen LogP contribution in [0.5, 0.6) is 11.5 Å². The second-order valence-electron chi connectivity index (χ2n) is 10.7. The molecule has 3 N–H and O–H groups in total. The number of imide groups is 1. The molecule has 2 saturated heterocycles. The second kappa shape index (κ2) is 8.31. The Morgan fingerprint density at radius 1 is 1.18 bits per heavy atom. The van der Waals surface area contributed by atoms with Gasteiger partial charge < -0.3 is 14.9 Å². The normalized spacial score (nSPS) is 30.5. The molecule has 2 heterocycles. The van der Waals surface area contributed by atoms with Gasteiger partial charge in [0.1, 0.15) is 5.54 Å². The molecule has 0 aromatic heterocycles. The highest BCUT2D eigenvalue weighted by atomic mass is 16.5. The van der Waals surface area contributed by atoms with Crippen LogP contribution < -0.4 is 10.1 Å². The minimum absolute atomic E-state index is 0.0485. The van der Waals surface area contributed by atoms with Crippen LogP contribution in [-0.4, -0.2) is 51.1 Å².